The van der Waals surface area contributed by atoms with Gasteiger partial charge in [-0.3, -0.25) is 33.7 Å². The molecule has 0 saturated carbocycles. The summed E-state index contributed by atoms with van der Waals surface area (Å²) in [6.07, 6.45) is 7.85. The molecule has 4 aromatic carbocycles. The van der Waals surface area contributed by atoms with E-state index in [4.69, 9.17) is 37.5 Å². The number of hydrogen-bond donors (Lipinski definition) is 3. The average molecular weight is 1470 g/mol. The fourth-order valence-electron chi connectivity index (χ4n) is 13.7. The fourth-order valence-corrected chi connectivity index (χ4v) is 17.1. The summed E-state index contributed by atoms with van der Waals surface area (Å²) in [5, 5.41) is 18.5. The molecule has 3 fully saturated rings. The highest BCUT2D eigenvalue weighted by Crippen LogP contribution is 2.58. The van der Waals surface area contributed by atoms with E-state index in [1.165, 1.54) is 17.0 Å². The number of thioether (sulfide) groups is 1. The topological polar surface area (TPSA) is 277 Å². The van der Waals surface area contributed by atoms with Crippen molar-refractivity contribution in [2.75, 3.05) is 32.1 Å². The smallest absolute Gasteiger partial charge is 0.340 e. The van der Waals surface area contributed by atoms with E-state index in [1.807, 2.05) is 12.1 Å². The van der Waals surface area contributed by atoms with Gasteiger partial charge in [0.05, 0.1) is 59.8 Å². The molecule has 4 aromatic rings. The van der Waals surface area contributed by atoms with E-state index in [9.17, 15) is 43.6 Å². The van der Waals surface area contributed by atoms with E-state index >= 15 is 0 Å². The van der Waals surface area contributed by atoms with Crippen LogP contribution in [0.15, 0.2) is 78.9 Å². The molecule has 5 aliphatic heterocycles. The minimum Gasteiger partial charge on any atom is -0.456 e. The molecule has 5 amide bonds. The number of fused-ring (bicyclic) bond motifs is 7. The molecule has 1 spiro atoms. The number of ketones is 1. The molecule has 5 heterocycles. The van der Waals surface area contributed by atoms with Crippen molar-refractivity contribution in [3.05, 3.63) is 118 Å². The lowest BCUT2D eigenvalue weighted by Crippen LogP contribution is -2.41. The lowest BCUT2D eigenvalue weighted by Gasteiger charge is -2.37. The minimum absolute atomic E-state index is 0.0218. The van der Waals surface area contributed by atoms with E-state index in [-0.39, 0.29) is 137 Å². The lowest BCUT2D eigenvalue weighted by molar-refractivity contribution is -0.143. The second kappa shape index (κ2) is 35.4. The summed E-state index contributed by atoms with van der Waals surface area (Å²) in [5.74, 6) is -1.79. The molecule has 0 bridgehead atoms. The number of hydrogen-bond acceptors (Lipinski definition) is 19. The van der Waals surface area contributed by atoms with Gasteiger partial charge in [-0.25, -0.2) is 14.3 Å². The summed E-state index contributed by atoms with van der Waals surface area (Å²) in [4.78, 5) is 111. The normalized spacial score (nSPS) is 20.1. The van der Waals surface area contributed by atoms with Crippen molar-refractivity contribution in [2.45, 2.75) is 252 Å². The zero-order chi connectivity index (χ0) is 75.4. The standard InChI is InChI=1S/C80H107N6O16PS/c1-15-63-66(102-103(96-42-24-38-81)86(49(2)3)50(4)5)47-68(100-63)95-41-23-17-16-21-39-82-70(88)52(43-55(87)26-18-19-27-67-69-62(48-104-67)85(76(94)84-69)72(90)51-28-31-54(32-29-51)77(6,7)8)25-20-22-40-83-71(89)53-30-35-58-61(44-53)80(101-73(58)91)59-36-33-56(97-74(92)78(9,10)11)45-64(59)99-65-46-57(34-37-60(65)80)98-75(93)79(12,13)14/h28-37,44-46,49-50,52,62-63,66-69H,15-27,39-43,47-48H2,1-14H3,(H,82,88)(H,83,89)(H,84,94)/t52-,62-,63?,66?,67?,68?,69-,103?/m1/s1. The highest BCUT2D eigenvalue weighted by Gasteiger charge is 2.55. The minimum atomic E-state index is -1.65. The van der Waals surface area contributed by atoms with E-state index < -0.39 is 61.0 Å². The van der Waals surface area contributed by atoms with E-state index in [0.717, 1.165) is 50.5 Å². The molecule has 8 atom stereocenters. The maximum Gasteiger partial charge on any atom is 0.340 e. The molecule has 104 heavy (non-hydrogen) atoms. The van der Waals surface area contributed by atoms with Crippen molar-refractivity contribution < 1.29 is 75.8 Å². The van der Waals surface area contributed by atoms with Gasteiger partial charge in [-0.15, -0.1) is 0 Å². The number of rotatable bonds is 34. The third-order valence-corrected chi connectivity index (χ3v) is 23.1. The number of nitrogens with one attached hydrogen (secondary N) is 3. The van der Waals surface area contributed by atoms with Crippen molar-refractivity contribution in [1.29, 1.82) is 5.26 Å². The first-order valence-corrected chi connectivity index (χ1v) is 39.3. The van der Waals surface area contributed by atoms with Crippen LogP contribution in [0, 0.1) is 28.1 Å². The van der Waals surface area contributed by atoms with Gasteiger partial charge in [0.25, 0.3) is 20.3 Å². The molecule has 564 valence electrons. The molecular weight excluding hydrogens is 1360 g/mol. The lowest BCUT2D eigenvalue weighted by atomic mass is 9.77. The second-order valence-electron chi connectivity index (χ2n) is 31.4. The van der Waals surface area contributed by atoms with Crippen LogP contribution in [0.1, 0.15) is 247 Å². The number of ether oxygens (including phenoxy) is 6. The quantitative estimate of drug-likeness (QED) is 0.0129. The summed E-state index contributed by atoms with van der Waals surface area (Å²) < 4.78 is 52.0. The first kappa shape index (κ1) is 80.8. The SMILES string of the molecule is CCC1OC(OCCCCCCNC(=O)[C@H](CCCCNC(=O)c2ccc3c(c2)C2(OC3=O)c3ccc(OC(=O)C(C)(C)C)cc3Oc3cc(OC(=O)C(C)(C)C)ccc32)CC(=O)CCCCC2SC[C@@H]3[C@H]2NC(=O)N3C(=O)c2ccc(C(C)(C)C)cc2)CC1OP(OCCC#N)N(C(C)C)C(C)C. The Bertz CT molecular complexity index is 3700. The van der Waals surface area contributed by atoms with E-state index in [2.05, 4.69) is 82.1 Å². The summed E-state index contributed by atoms with van der Waals surface area (Å²) in [5.41, 5.74) is -0.190. The zero-order valence-electron chi connectivity index (χ0n) is 63.1. The van der Waals surface area contributed by atoms with Crippen LogP contribution in [0.25, 0.3) is 0 Å². The number of urea groups is 1. The molecule has 0 aromatic heterocycles. The number of benzene rings is 4. The van der Waals surface area contributed by atoms with Crippen molar-refractivity contribution in [2.24, 2.45) is 16.7 Å². The molecule has 5 aliphatic rings. The van der Waals surface area contributed by atoms with Crippen LogP contribution < -0.4 is 30.2 Å². The van der Waals surface area contributed by atoms with Gasteiger partial charge >= 0.3 is 23.9 Å². The second-order valence-corrected chi connectivity index (χ2v) is 34.1. The molecular formula is C80H107N6O16PS. The number of carbonyl (C=O) groups excluding carboxylic acids is 8. The molecule has 9 rings (SSSR count). The van der Waals surface area contributed by atoms with Gasteiger partial charge in [0, 0.05) is 108 Å². The van der Waals surface area contributed by atoms with Gasteiger partial charge < -0.3 is 53.4 Å². The van der Waals surface area contributed by atoms with Crippen LogP contribution in [-0.4, -0.2) is 137 Å². The largest absolute Gasteiger partial charge is 0.456 e. The van der Waals surface area contributed by atoms with Crippen LogP contribution in [0.2, 0.25) is 0 Å². The molecule has 0 aliphatic carbocycles. The summed E-state index contributed by atoms with van der Waals surface area (Å²) >= 11 is 1.74. The average Bonchev–Trinajstić information content (AvgIpc) is 1.47. The van der Waals surface area contributed by atoms with Crippen LogP contribution in [0.5, 0.6) is 23.0 Å². The Hall–Kier alpha value is -7.29. The highest BCUT2D eigenvalue weighted by atomic mass is 32.2. The third-order valence-electron chi connectivity index (χ3n) is 19.4. The van der Waals surface area contributed by atoms with Gasteiger partial charge in [-0.1, -0.05) is 65.5 Å². The summed E-state index contributed by atoms with van der Waals surface area (Å²) in [7, 11) is -1.43. The number of imide groups is 1. The zero-order valence-corrected chi connectivity index (χ0v) is 64.8. The van der Waals surface area contributed by atoms with Gasteiger partial charge in [0.2, 0.25) is 5.91 Å². The molecule has 22 nitrogen and oxygen atoms in total. The first-order valence-electron chi connectivity index (χ1n) is 37.1. The molecule has 24 heteroatoms. The number of Topliss-reactive ketones (excluding diaryl/α,β-unsaturated/α-hetero) is 1. The number of nitrogens with zero attached hydrogens (tertiary/aromatic N) is 3. The Morgan fingerprint density at radius 2 is 1.38 bits per heavy atom. The van der Waals surface area contributed by atoms with Crippen molar-refractivity contribution in [1.82, 2.24) is 25.5 Å². The number of unbranched alkanes of at least 4 members (excludes halogenated alkanes) is 5. The maximum atomic E-state index is 14.2. The van der Waals surface area contributed by atoms with Gasteiger partial charge in [-0.05, 0) is 180 Å². The van der Waals surface area contributed by atoms with Crippen molar-refractivity contribution in [3.63, 3.8) is 0 Å². The van der Waals surface area contributed by atoms with Crippen LogP contribution in [0.4, 0.5) is 4.79 Å². The summed E-state index contributed by atoms with van der Waals surface area (Å²) in [6.45, 7) is 28.7. The Labute approximate surface area is 619 Å². The van der Waals surface area contributed by atoms with E-state index in [0.29, 0.717) is 73.3 Å². The molecule has 5 unspecified atom stereocenters. The molecule has 0 radical (unpaired) electrons. The predicted molar refractivity (Wildman–Crippen MR) is 397 cm³/mol. The number of carbonyl (C=O) groups is 8. The molecule has 3 N–H and O–H groups in total. The van der Waals surface area contributed by atoms with Gasteiger partial charge in [-0.2, -0.15) is 17.0 Å². The number of amides is 5. The first-order chi connectivity index (χ1) is 49.3. The van der Waals surface area contributed by atoms with Gasteiger partial charge in [0.15, 0.2) is 11.9 Å². The van der Waals surface area contributed by atoms with Crippen molar-refractivity contribution in [3.8, 4) is 29.1 Å². The Morgan fingerprint density at radius 1 is 0.750 bits per heavy atom. The van der Waals surface area contributed by atoms with Crippen molar-refractivity contribution >= 4 is 67.7 Å². The fraction of sp³-hybridized carbons (Fsp3) is 0.588. The maximum absolute atomic E-state index is 14.2. The van der Waals surface area contributed by atoms with Crippen LogP contribution >= 0.6 is 20.3 Å². The Balaban J connectivity index is 0.802. The van der Waals surface area contributed by atoms with Crippen LogP contribution in [-0.2, 0) is 53.5 Å². The summed E-state index contributed by atoms with van der Waals surface area (Å²) in [6, 6.07) is 23.4. The Kier molecular flexibility index (Phi) is 27.5. The number of nitriles is 1. The Morgan fingerprint density at radius 3 is 1.99 bits per heavy atom. The van der Waals surface area contributed by atoms with Crippen LogP contribution in [0.3, 0.4) is 0 Å². The highest BCUT2D eigenvalue weighted by molar-refractivity contribution is 8.00. The molecule has 3 saturated heterocycles. The van der Waals surface area contributed by atoms with Gasteiger partial charge in [0.1, 0.15) is 28.8 Å². The predicted octanol–water partition coefficient (Wildman–Crippen LogP) is 15.1. The number of esters is 3. The monoisotopic (exact) mass is 1470 g/mol. The third kappa shape index (κ3) is 19.8. The van der Waals surface area contributed by atoms with E-state index in [1.54, 1.807) is 108 Å².